The van der Waals surface area contributed by atoms with E-state index in [9.17, 15) is 9.59 Å². The van der Waals surface area contributed by atoms with E-state index in [2.05, 4.69) is 66.4 Å². The molecule has 3 aromatic rings. The second-order valence-electron chi connectivity index (χ2n) is 8.96. The Morgan fingerprint density at radius 1 is 0.895 bits per heavy atom. The molecule has 0 aromatic heterocycles. The Hall–Kier alpha value is -3.33. The van der Waals surface area contributed by atoms with Crippen LogP contribution >= 0.6 is 35.7 Å². The molecular weight excluding hydrogens is 533 g/mol. The molecule has 192 valence electrons. The Kier molecular flexibility index (Phi) is 8.02. The molecule has 0 bridgehead atoms. The fourth-order valence-corrected chi connectivity index (χ4v) is 6.73. The molecule has 1 fully saturated rings. The number of carbonyl (C=O) groups is 2. The third kappa shape index (κ3) is 5.72. The molecule has 0 saturated carbocycles. The van der Waals surface area contributed by atoms with Crippen LogP contribution in [0.25, 0.3) is 18.2 Å². The van der Waals surface area contributed by atoms with Crippen molar-refractivity contribution < 1.29 is 14.7 Å². The van der Waals surface area contributed by atoms with Crippen molar-refractivity contribution in [1.82, 2.24) is 4.90 Å². The molecule has 0 aliphatic carbocycles. The zero-order chi connectivity index (χ0) is 26.6. The number of fused-ring (bicyclic) bond motifs is 2. The van der Waals surface area contributed by atoms with Crippen LogP contribution < -0.4 is 4.90 Å². The van der Waals surface area contributed by atoms with Gasteiger partial charge in [0.15, 0.2) is 0 Å². The quantitative estimate of drug-likeness (QED) is 0.174. The van der Waals surface area contributed by atoms with Gasteiger partial charge >= 0.3 is 5.97 Å². The number of benzene rings is 3. The second-order valence-corrected chi connectivity index (χ2v) is 11.7. The van der Waals surface area contributed by atoms with Gasteiger partial charge in [0.2, 0.25) is 0 Å². The number of aliphatic carboxylic acids is 1. The third-order valence-electron chi connectivity index (χ3n) is 6.26. The maximum Gasteiger partial charge on any atom is 0.323 e. The van der Waals surface area contributed by atoms with Gasteiger partial charge in [0, 0.05) is 16.3 Å². The maximum absolute atomic E-state index is 12.5. The first-order valence-electron chi connectivity index (χ1n) is 12.4. The second kappa shape index (κ2) is 11.6. The Balaban J connectivity index is 1.30. The van der Waals surface area contributed by atoms with E-state index in [1.807, 2.05) is 36.0 Å². The highest BCUT2D eigenvalue weighted by Gasteiger charge is 2.33. The van der Waals surface area contributed by atoms with E-state index >= 15 is 0 Å². The zero-order valence-electron chi connectivity index (χ0n) is 20.8. The summed E-state index contributed by atoms with van der Waals surface area (Å²) in [5, 5.41) is 9.00. The number of hydrogen-bond donors (Lipinski definition) is 1. The van der Waals surface area contributed by atoms with Crippen molar-refractivity contribution in [2.45, 2.75) is 29.6 Å². The molecular formula is C30H26N2O3S3. The predicted molar refractivity (Wildman–Crippen MR) is 162 cm³/mol. The molecule has 5 nitrogen and oxygen atoms in total. The molecule has 3 aromatic carbocycles. The molecule has 2 aliphatic heterocycles. The number of carboxylic acid groups (broad SMARTS) is 1. The smallest absolute Gasteiger partial charge is 0.323 e. The molecule has 1 saturated heterocycles. The highest BCUT2D eigenvalue weighted by atomic mass is 32.2. The lowest BCUT2D eigenvalue weighted by Crippen LogP contribution is -2.33. The van der Waals surface area contributed by atoms with Gasteiger partial charge in [-0.2, -0.15) is 0 Å². The third-order valence-corrected chi connectivity index (χ3v) is 8.75. The van der Waals surface area contributed by atoms with Gasteiger partial charge in [-0.3, -0.25) is 14.5 Å². The molecule has 0 unspecified atom stereocenters. The number of rotatable bonds is 8. The van der Waals surface area contributed by atoms with Crippen molar-refractivity contribution in [3.8, 4) is 0 Å². The molecule has 5 rings (SSSR count). The van der Waals surface area contributed by atoms with Crippen LogP contribution in [0.2, 0.25) is 0 Å². The number of nitrogens with zero attached hydrogens (tertiary/aromatic N) is 2. The van der Waals surface area contributed by atoms with Crippen molar-refractivity contribution in [2.24, 2.45) is 0 Å². The van der Waals surface area contributed by atoms with Gasteiger partial charge in [0.05, 0.1) is 16.3 Å². The summed E-state index contributed by atoms with van der Waals surface area (Å²) in [6.07, 6.45) is 8.24. The maximum atomic E-state index is 12.5. The van der Waals surface area contributed by atoms with E-state index in [0.29, 0.717) is 4.91 Å². The van der Waals surface area contributed by atoms with E-state index in [1.165, 1.54) is 21.2 Å². The average Bonchev–Trinajstić information content (AvgIpc) is 3.17. The summed E-state index contributed by atoms with van der Waals surface area (Å²) in [7, 11) is 0. The van der Waals surface area contributed by atoms with Crippen LogP contribution in [0.1, 0.15) is 36.5 Å². The number of amides is 1. The van der Waals surface area contributed by atoms with Crippen molar-refractivity contribution >= 4 is 81.5 Å². The summed E-state index contributed by atoms with van der Waals surface area (Å²) < 4.78 is 0.267. The minimum absolute atomic E-state index is 0.267. The topological polar surface area (TPSA) is 60.9 Å². The minimum atomic E-state index is -1.09. The SMILES string of the molecule is CCCCN1c2ccccc2Sc2cc(/C=C/c3ccc(/C=C4/SC(=S)N(CC(=O)O)C4=O)cc3)ccc21. The van der Waals surface area contributed by atoms with Gasteiger partial charge in [0.1, 0.15) is 10.9 Å². The monoisotopic (exact) mass is 558 g/mol. The molecule has 0 spiro atoms. The standard InChI is InChI=1S/C30H26N2O3S3/c1-2-3-16-31-23-6-4-5-7-25(23)37-26-17-22(14-15-24(26)31)13-10-20-8-11-21(12-9-20)18-27-29(35)32(19-28(33)34)30(36)38-27/h4-15,17-18H,2-3,16,19H2,1H3,(H,33,34)/b13-10+,27-18+. The summed E-state index contributed by atoms with van der Waals surface area (Å²) in [6, 6.07) is 23.1. The lowest BCUT2D eigenvalue weighted by Gasteiger charge is -2.33. The van der Waals surface area contributed by atoms with Crippen LogP contribution in [0.4, 0.5) is 11.4 Å². The van der Waals surface area contributed by atoms with Crippen LogP contribution in [0, 0.1) is 0 Å². The van der Waals surface area contributed by atoms with Gasteiger partial charge in [0.25, 0.3) is 5.91 Å². The lowest BCUT2D eigenvalue weighted by molar-refractivity contribution is -0.140. The Morgan fingerprint density at radius 3 is 2.34 bits per heavy atom. The summed E-state index contributed by atoms with van der Waals surface area (Å²) in [4.78, 5) is 30.0. The first-order chi connectivity index (χ1) is 18.4. The van der Waals surface area contributed by atoms with Gasteiger partial charge in [-0.1, -0.05) is 104 Å². The summed E-state index contributed by atoms with van der Waals surface area (Å²) in [5.41, 5.74) is 5.58. The van der Waals surface area contributed by atoms with Crippen LogP contribution in [0.3, 0.4) is 0 Å². The molecule has 1 N–H and O–H groups in total. The van der Waals surface area contributed by atoms with Crippen molar-refractivity contribution in [3.63, 3.8) is 0 Å². The Labute approximate surface area is 236 Å². The van der Waals surface area contributed by atoms with Crippen LogP contribution in [0.5, 0.6) is 0 Å². The van der Waals surface area contributed by atoms with Crippen molar-refractivity contribution in [3.05, 3.63) is 88.3 Å². The molecule has 1 amide bonds. The van der Waals surface area contributed by atoms with Crippen LogP contribution in [-0.4, -0.2) is 39.3 Å². The predicted octanol–water partition coefficient (Wildman–Crippen LogP) is 7.55. The largest absolute Gasteiger partial charge is 0.480 e. The molecule has 8 heteroatoms. The number of thioether (sulfide) groups is 1. The highest BCUT2D eigenvalue weighted by Crippen LogP contribution is 2.48. The van der Waals surface area contributed by atoms with E-state index in [0.717, 1.165) is 52.7 Å². The first-order valence-corrected chi connectivity index (χ1v) is 14.4. The Bertz CT molecular complexity index is 1460. The molecule has 0 radical (unpaired) electrons. The number of thiocarbonyl (C=S) groups is 1. The number of carboxylic acids is 1. The summed E-state index contributed by atoms with van der Waals surface area (Å²) in [5.74, 6) is -1.46. The molecule has 2 aliphatic rings. The highest BCUT2D eigenvalue weighted by molar-refractivity contribution is 8.26. The van der Waals surface area contributed by atoms with Gasteiger partial charge in [-0.25, -0.2) is 0 Å². The van der Waals surface area contributed by atoms with Crippen molar-refractivity contribution in [1.29, 1.82) is 0 Å². The summed E-state index contributed by atoms with van der Waals surface area (Å²) in [6.45, 7) is 2.81. The van der Waals surface area contributed by atoms with Gasteiger partial charge in [-0.15, -0.1) is 0 Å². The van der Waals surface area contributed by atoms with E-state index in [1.54, 1.807) is 6.08 Å². The fraction of sp³-hybridized carbons (Fsp3) is 0.167. The van der Waals surface area contributed by atoms with E-state index in [-0.39, 0.29) is 10.2 Å². The first kappa shape index (κ1) is 26.3. The van der Waals surface area contributed by atoms with E-state index in [4.69, 9.17) is 17.3 Å². The number of para-hydroxylation sites is 1. The number of carbonyl (C=O) groups excluding carboxylic acids is 1. The summed E-state index contributed by atoms with van der Waals surface area (Å²) >= 11 is 8.11. The van der Waals surface area contributed by atoms with Gasteiger partial charge < -0.3 is 10.0 Å². The van der Waals surface area contributed by atoms with Crippen LogP contribution in [-0.2, 0) is 9.59 Å². The Morgan fingerprint density at radius 2 is 1.58 bits per heavy atom. The normalized spacial score (nSPS) is 15.9. The van der Waals surface area contributed by atoms with Gasteiger partial charge in [-0.05, 0) is 53.5 Å². The average molecular weight is 559 g/mol. The molecule has 0 atom stereocenters. The number of hydrogen-bond acceptors (Lipinski definition) is 6. The lowest BCUT2D eigenvalue weighted by atomic mass is 10.1. The fourth-order valence-electron chi connectivity index (χ4n) is 4.33. The molecule has 38 heavy (non-hydrogen) atoms. The molecule has 2 heterocycles. The minimum Gasteiger partial charge on any atom is -0.480 e. The number of unbranched alkanes of at least 4 members (excludes halogenated alkanes) is 1. The number of anilines is 2. The van der Waals surface area contributed by atoms with E-state index < -0.39 is 12.5 Å². The zero-order valence-corrected chi connectivity index (χ0v) is 23.2. The van der Waals surface area contributed by atoms with Crippen LogP contribution in [0.15, 0.2) is 81.4 Å². The van der Waals surface area contributed by atoms with Crippen molar-refractivity contribution in [2.75, 3.05) is 18.0 Å².